The van der Waals surface area contributed by atoms with Crippen LogP contribution in [-0.2, 0) is 17.8 Å². The van der Waals surface area contributed by atoms with E-state index in [0.717, 1.165) is 16.7 Å². The van der Waals surface area contributed by atoms with Crippen molar-refractivity contribution in [1.29, 1.82) is 0 Å². The van der Waals surface area contributed by atoms with Gasteiger partial charge in [0.2, 0.25) is 5.91 Å². The van der Waals surface area contributed by atoms with E-state index in [1.807, 2.05) is 48.5 Å². The molecule has 0 fully saturated rings. The van der Waals surface area contributed by atoms with Crippen LogP contribution in [0.5, 0.6) is 5.75 Å². The first-order chi connectivity index (χ1) is 21.1. The highest BCUT2D eigenvalue weighted by molar-refractivity contribution is 5.93. The number of anilines is 2. The number of ether oxygens (including phenoxy) is 1. The number of hydrogen-bond acceptors (Lipinski definition) is 7. The topological polar surface area (TPSA) is 109 Å². The van der Waals surface area contributed by atoms with Crippen LogP contribution < -0.4 is 15.0 Å². The van der Waals surface area contributed by atoms with E-state index in [9.17, 15) is 18.0 Å². The molecule has 0 radical (unpaired) electrons. The number of nitrogens with one attached hydrogen (secondary N) is 2. The zero-order chi connectivity index (χ0) is 31.1. The summed E-state index contributed by atoms with van der Waals surface area (Å²) in [6, 6.07) is 26.4. The van der Waals surface area contributed by atoms with E-state index in [2.05, 4.69) is 61.6 Å². The number of halogens is 3. The molecule has 5 rings (SSSR count). The molecule has 0 saturated carbocycles. The fourth-order valence-electron chi connectivity index (χ4n) is 4.76. The van der Waals surface area contributed by atoms with Crippen molar-refractivity contribution in [3.05, 3.63) is 102 Å². The number of aromatic amines is 1. The van der Waals surface area contributed by atoms with Gasteiger partial charge in [0.15, 0.2) is 5.82 Å². The Bertz CT molecular complexity index is 1680. The van der Waals surface area contributed by atoms with Gasteiger partial charge in [-0.1, -0.05) is 80.6 Å². The lowest BCUT2D eigenvalue weighted by Crippen LogP contribution is -2.28. The first kappa shape index (κ1) is 30.2. The second kappa shape index (κ2) is 13.4. The number of alkyl halides is 3. The summed E-state index contributed by atoms with van der Waals surface area (Å²) in [5.41, 5.74) is 4.24. The van der Waals surface area contributed by atoms with E-state index >= 15 is 0 Å². The van der Waals surface area contributed by atoms with Gasteiger partial charge < -0.3 is 15.0 Å². The van der Waals surface area contributed by atoms with E-state index in [0.29, 0.717) is 47.6 Å². The summed E-state index contributed by atoms with van der Waals surface area (Å²) in [5, 5.41) is 17.2. The van der Waals surface area contributed by atoms with Crippen LogP contribution in [-0.4, -0.2) is 44.4 Å². The molecule has 0 saturated heterocycles. The van der Waals surface area contributed by atoms with Crippen molar-refractivity contribution in [3.8, 4) is 28.4 Å². The molecule has 2 aromatic heterocycles. The molecule has 5 aromatic rings. The molecule has 0 bridgehead atoms. The summed E-state index contributed by atoms with van der Waals surface area (Å²) in [5.74, 6) is 0.756. The number of carbonyl (C=O) groups excluding carboxylic acids is 1. The van der Waals surface area contributed by atoms with Crippen molar-refractivity contribution in [2.45, 2.75) is 33.2 Å². The minimum absolute atomic E-state index is 0.0562. The molecule has 0 aliphatic rings. The first-order valence-corrected chi connectivity index (χ1v) is 13.9. The van der Waals surface area contributed by atoms with Crippen LogP contribution in [0.1, 0.15) is 25.0 Å². The van der Waals surface area contributed by atoms with Gasteiger partial charge in [0, 0.05) is 36.0 Å². The molecule has 44 heavy (non-hydrogen) atoms. The second-order valence-corrected chi connectivity index (χ2v) is 10.6. The lowest BCUT2D eigenvalue weighted by atomic mass is 10.0. The van der Waals surface area contributed by atoms with Crippen LogP contribution in [0, 0.1) is 5.92 Å². The zero-order valence-corrected chi connectivity index (χ0v) is 24.0. The van der Waals surface area contributed by atoms with Gasteiger partial charge in [0.05, 0.1) is 12.1 Å². The van der Waals surface area contributed by atoms with Crippen molar-refractivity contribution in [3.63, 3.8) is 0 Å². The van der Waals surface area contributed by atoms with Crippen LogP contribution in [0.25, 0.3) is 22.6 Å². The lowest BCUT2D eigenvalue weighted by molar-refractivity contribution is -0.274. The number of nitrogens with zero attached hydrogens (tertiary/aromatic N) is 5. The highest BCUT2D eigenvalue weighted by Crippen LogP contribution is 2.33. The van der Waals surface area contributed by atoms with Gasteiger partial charge in [-0.25, -0.2) is 10.1 Å². The van der Waals surface area contributed by atoms with Crippen molar-refractivity contribution in [2.24, 2.45) is 5.92 Å². The summed E-state index contributed by atoms with van der Waals surface area (Å²) in [7, 11) is 0. The number of hydrogen-bond donors (Lipinski definition) is 2. The Kier molecular flexibility index (Phi) is 9.17. The average molecular weight is 602 g/mol. The Morgan fingerprint density at radius 3 is 2.30 bits per heavy atom. The SMILES string of the molecule is CC(C)CN(Cc1ccccc1)c1cc(NC(=O)Cc2ccc(OC(F)(F)F)cc2)cc(-c2ccccc2-c2nnn[nH]2)n1. The largest absolute Gasteiger partial charge is 0.573 e. The summed E-state index contributed by atoms with van der Waals surface area (Å²) >= 11 is 0. The molecule has 12 heteroatoms. The highest BCUT2D eigenvalue weighted by atomic mass is 19.4. The maximum Gasteiger partial charge on any atom is 0.573 e. The number of aromatic nitrogens is 5. The third kappa shape index (κ3) is 8.18. The lowest BCUT2D eigenvalue weighted by Gasteiger charge is -2.27. The molecule has 0 aliphatic heterocycles. The summed E-state index contributed by atoms with van der Waals surface area (Å²) in [6.07, 6.45) is -4.85. The Labute approximate surface area is 252 Å². The predicted octanol–water partition coefficient (Wildman–Crippen LogP) is 6.67. The van der Waals surface area contributed by atoms with Crippen LogP contribution in [0.4, 0.5) is 24.7 Å². The van der Waals surface area contributed by atoms with Gasteiger partial charge in [-0.15, -0.1) is 18.3 Å². The number of benzene rings is 3. The number of amides is 1. The fraction of sp³-hybridized carbons (Fsp3) is 0.219. The molecule has 0 aliphatic carbocycles. The second-order valence-electron chi connectivity index (χ2n) is 10.6. The van der Waals surface area contributed by atoms with Crippen LogP contribution in [0.3, 0.4) is 0 Å². The van der Waals surface area contributed by atoms with Crippen LogP contribution >= 0.6 is 0 Å². The van der Waals surface area contributed by atoms with Gasteiger partial charge >= 0.3 is 6.36 Å². The molecule has 2 heterocycles. The van der Waals surface area contributed by atoms with E-state index in [1.54, 1.807) is 6.07 Å². The zero-order valence-electron chi connectivity index (χ0n) is 24.0. The standard InChI is InChI=1S/C32H30F3N7O2/c1-21(2)19-42(20-23-8-4-3-5-9-23)29-18-24(36-30(43)16-22-12-14-25(15-13-22)44-32(33,34)35)17-28(37-29)26-10-6-7-11-27(26)31-38-40-41-39-31/h3-15,17-18,21H,16,19-20H2,1-2H3,(H,36,37,43)(H,38,39,40,41). The van der Waals surface area contributed by atoms with Crippen molar-refractivity contribution in [2.75, 3.05) is 16.8 Å². The molecule has 0 unspecified atom stereocenters. The highest BCUT2D eigenvalue weighted by Gasteiger charge is 2.31. The van der Waals surface area contributed by atoms with E-state index in [4.69, 9.17) is 4.98 Å². The van der Waals surface area contributed by atoms with Gasteiger partial charge in [-0.3, -0.25) is 4.79 Å². The molecular weight excluding hydrogens is 571 g/mol. The molecule has 0 spiro atoms. The number of carbonyl (C=O) groups is 1. The molecule has 226 valence electrons. The van der Waals surface area contributed by atoms with Gasteiger partial charge in [0.25, 0.3) is 0 Å². The third-order valence-electron chi connectivity index (χ3n) is 6.55. The Hall–Kier alpha value is -5.26. The number of pyridine rings is 1. The Morgan fingerprint density at radius 1 is 0.932 bits per heavy atom. The monoisotopic (exact) mass is 601 g/mol. The molecule has 2 N–H and O–H groups in total. The normalized spacial score (nSPS) is 11.4. The maximum atomic E-state index is 13.2. The first-order valence-electron chi connectivity index (χ1n) is 13.9. The van der Waals surface area contributed by atoms with Gasteiger partial charge in [-0.2, -0.15) is 0 Å². The molecule has 3 aromatic carbocycles. The number of rotatable bonds is 11. The summed E-state index contributed by atoms with van der Waals surface area (Å²) in [4.78, 5) is 20.4. The van der Waals surface area contributed by atoms with Crippen LogP contribution in [0.15, 0.2) is 91.0 Å². The Morgan fingerprint density at radius 2 is 1.64 bits per heavy atom. The van der Waals surface area contributed by atoms with Crippen molar-refractivity contribution < 1.29 is 22.7 Å². The molecule has 1 amide bonds. The van der Waals surface area contributed by atoms with Crippen molar-refractivity contribution in [1.82, 2.24) is 25.6 Å². The van der Waals surface area contributed by atoms with E-state index < -0.39 is 6.36 Å². The Balaban J connectivity index is 1.48. The fourth-order valence-corrected chi connectivity index (χ4v) is 4.76. The minimum atomic E-state index is -4.79. The molecular formula is C32H30F3N7O2. The average Bonchev–Trinajstić information content (AvgIpc) is 3.52. The third-order valence-corrected chi connectivity index (χ3v) is 6.55. The van der Waals surface area contributed by atoms with Crippen LogP contribution in [0.2, 0.25) is 0 Å². The smallest absolute Gasteiger partial charge is 0.406 e. The van der Waals surface area contributed by atoms with Crippen molar-refractivity contribution >= 4 is 17.4 Å². The molecule has 0 atom stereocenters. The van der Waals surface area contributed by atoms with E-state index in [-0.39, 0.29) is 18.1 Å². The van der Waals surface area contributed by atoms with E-state index in [1.165, 1.54) is 24.3 Å². The predicted molar refractivity (Wildman–Crippen MR) is 161 cm³/mol. The van der Waals surface area contributed by atoms with Gasteiger partial charge in [0.1, 0.15) is 11.6 Å². The van der Waals surface area contributed by atoms with Gasteiger partial charge in [-0.05, 0) is 45.7 Å². The summed E-state index contributed by atoms with van der Waals surface area (Å²) < 4.78 is 41.5. The number of tetrazole rings is 1. The number of H-pyrrole nitrogens is 1. The maximum absolute atomic E-state index is 13.2. The molecule has 9 nitrogen and oxygen atoms in total. The summed E-state index contributed by atoms with van der Waals surface area (Å²) in [6.45, 7) is 5.56. The minimum Gasteiger partial charge on any atom is -0.406 e. The quantitative estimate of drug-likeness (QED) is 0.174.